The molecular formula is C19H32ClN7O. The minimum Gasteiger partial charge on any atom is -0.317 e. The SMILES string of the molecule is Cc1nn(CC(C)C)c(C)c1CC(=O)Nc1nc(C2CCNCC2)nn1C.Cl. The van der Waals surface area contributed by atoms with E-state index in [2.05, 4.69) is 39.7 Å². The number of rotatable bonds is 6. The van der Waals surface area contributed by atoms with Crippen molar-refractivity contribution < 1.29 is 4.79 Å². The normalized spacial score (nSPS) is 14.9. The van der Waals surface area contributed by atoms with Crippen molar-refractivity contribution in [3.05, 3.63) is 22.8 Å². The summed E-state index contributed by atoms with van der Waals surface area (Å²) in [5.74, 6) is 2.13. The number of amides is 1. The van der Waals surface area contributed by atoms with Gasteiger partial charge in [0.15, 0.2) is 5.82 Å². The van der Waals surface area contributed by atoms with Gasteiger partial charge in [-0.2, -0.15) is 15.2 Å². The predicted octanol–water partition coefficient (Wildman–Crippen LogP) is 2.35. The molecule has 0 spiro atoms. The summed E-state index contributed by atoms with van der Waals surface area (Å²) in [6.45, 7) is 11.2. The Morgan fingerprint density at radius 3 is 2.57 bits per heavy atom. The first-order valence-corrected chi connectivity index (χ1v) is 9.79. The molecule has 2 N–H and O–H groups in total. The van der Waals surface area contributed by atoms with Crippen molar-refractivity contribution in [3.8, 4) is 0 Å². The van der Waals surface area contributed by atoms with E-state index < -0.39 is 0 Å². The lowest BCUT2D eigenvalue weighted by atomic mass is 9.98. The van der Waals surface area contributed by atoms with E-state index in [1.165, 1.54) is 0 Å². The maximum atomic E-state index is 12.6. The lowest BCUT2D eigenvalue weighted by Gasteiger charge is -2.19. The van der Waals surface area contributed by atoms with Gasteiger partial charge in [-0.15, -0.1) is 12.4 Å². The summed E-state index contributed by atoms with van der Waals surface area (Å²) in [5.41, 5.74) is 2.97. The number of anilines is 1. The topological polar surface area (TPSA) is 89.7 Å². The Morgan fingerprint density at radius 2 is 1.93 bits per heavy atom. The highest BCUT2D eigenvalue weighted by molar-refractivity contribution is 5.91. The number of halogens is 1. The summed E-state index contributed by atoms with van der Waals surface area (Å²) in [7, 11) is 1.82. The van der Waals surface area contributed by atoms with Crippen LogP contribution in [0.4, 0.5) is 5.95 Å². The van der Waals surface area contributed by atoms with Crippen molar-refractivity contribution >= 4 is 24.3 Å². The molecule has 1 aliphatic heterocycles. The number of nitrogens with zero attached hydrogens (tertiary/aromatic N) is 5. The number of carbonyl (C=O) groups excluding carboxylic acids is 1. The Kier molecular flexibility index (Phi) is 7.60. The minimum absolute atomic E-state index is 0. The molecule has 0 atom stereocenters. The van der Waals surface area contributed by atoms with Gasteiger partial charge in [-0.05, 0) is 45.7 Å². The number of hydrogen-bond donors (Lipinski definition) is 2. The molecule has 0 bridgehead atoms. The molecule has 1 aliphatic rings. The summed E-state index contributed by atoms with van der Waals surface area (Å²) in [5, 5.41) is 15.4. The highest BCUT2D eigenvalue weighted by Gasteiger charge is 2.22. The van der Waals surface area contributed by atoms with Crippen LogP contribution in [0.1, 0.15) is 55.4 Å². The Morgan fingerprint density at radius 1 is 1.25 bits per heavy atom. The second-order valence-electron chi connectivity index (χ2n) is 7.89. The van der Waals surface area contributed by atoms with E-state index in [4.69, 9.17) is 0 Å². The van der Waals surface area contributed by atoms with Crippen LogP contribution in [0.15, 0.2) is 0 Å². The molecule has 1 amide bonds. The van der Waals surface area contributed by atoms with Gasteiger partial charge in [0.25, 0.3) is 0 Å². The maximum Gasteiger partial charge on any atom is 0.231 e. The van der Waals surface area contributed by atoms with Crippen molar-refractivity contribution in [2.24, 2.45) is 13.0 Å². The average Bonchev–Trinajstić information content (AvgIpc) is 3.10. The van der Waals surface area contributed by atoms with Gasteiger partial charge in [-0.25, -0.2) is 4.68 Å². The Labute approximate surface area is 172 Å². The van der Waals surface area contributed by atoms with Crippen LogP contribution in [0, 0.1) is 19.8 Å². The number of piperidine rings is 1. The van der Waals surface area contributed by atoms with Crippen LogP contribution in [-0.4, -0.2) is 43.5 Å². The molecule has 0 aliphatic carbocycles. The summed E-state index contributed by atoms with van der Waals surface area (Å²) >= 11 is 0. The second-order valence-corrected chi connectivity index (χ2v) is 7.89. The third kappa shape index (κ3) is 5.11. The van der Waals surface area contributed by atoms with E-state index in [9.17, 15) is 4.79 Å². The fourth-order valence-electron chi connectivity index (χ4n) is 3.61. The zero-order chi connectivity index (χ0) is 19.6. The quantitative estimate of drug-likeness (QED) is 0.764. The van der Waals surface area contributed by atoms with Gasteiger partial charge in [0.05, 0.1) is 12.1 Å². The van der Waals surface area contributed by atoms with E-state index in [-0.39, 0.29) is 18.3 Å². The first kappa shape index (κ1) is 22.4. The third-order valence-electron chi connectivity index (χ3n) is 5.14. The molecule has 2 aromatic heterocycles. The molecule has 0 aromatic carbocycles. The minimum atomic E-state index is -0.0855. The fraction of sp³-hybridized carbons (Fsp3) is 0.684. The van der Waals surface area contributed by atoms with E-state index in [1.807, 2.05) is 25.6 Å². The summed E-state index contributed by atoms with van der Waals surface area (Å²) in [6, 6.07) is 0. The fourth-order valence-corrected chi connectivity index (χ4v) is 3.61. The van der Waals surface area contributed by atoms with Gasteiger partial charge in [-0.3, -0.25) is 14.8 Å². The van der Waals surface area contributed by atoms with Gasteiger partial charge in [-0.1, -0.05) is 13.8 Å². The molecule has 3 rings (SSSR count). The zero-order valence-electron chi connectivity index (χ0n) is 17.4. The molecule has 0 radical (unpaired) electrons. The number of aryl methyl sites for hydroxylation is 2. The molecule has 8 nitrogen and oxygen atoms in total. The Balaban J connectivity index is 0.00000280. The number of carbonyl (C=O) groups is 1. The zero-order valence-corrected chi connectivity index (χ0v) is 18.3. The molecule has 3 heterocycles. The number of nitrogens with one attached hydrogen (secondary N) is 2. The monoisotopic (exact) mass is 409 g/mol. The summed E-state index contributed by atoms with van der Waals surface area (Å²) < 4.78 is 3.66. The molecule has 28 heavy (non-hydrogen) atoms. The molecule has 1 fully saturated rings. The lowest BCUT2D eigenvalue weighted by Crippen LogP contribution is -2.27. The van der Waals surface area contributed by atoms with Crippen LogP contribution < -0.4 is 10.6 Å². The van der Waals surface area contributed by atoms with Crippen molar-refractivity contribution in [3.63, 3.8) is 0 Å². The van der Waals surface area contributed by atoms with Gasteiger partial charge in [0, 0.05) is 30.8 Å². The van der Waals surface area contributed by atoms with Crippen LogP contribution in [0.25, 0.3) is 0 Å². The Hall–Kier alpha value is -1.93. The van der Waals surface area contributed by atoms with Gasteiger partial charge < -0.3 is 5.32 Å². The first-order chi connectivity index (χ1) is 12.8. The van der Waals surface area contributed by atoms with Crippen molar-refractivity contribution in [1.82, 2.24) is 29.9 Å². The second kappa shape index (κ2) is 9.52. The molecule has 0 saturated carbocycles. The molecule has 1 saturated heterocycles. The molecule has 9 heteroatoms. The Bertz CT molecular complexity index is 806. The van der Waals surface area contributed by atoms with Gasteiger partial charge in [0.1, 0.15) is 0 Å². The first-order valence-electron chi connectivity index (χ1n) is 9.79. The smallest absolute Gasteiger partial charge is 0.231 e. The molecule has 2 aromatic rings. The van der Waals surface area contributed by atoms with Crippen LogP contribution in [-0.2, 0) is 24.8 Å². The molecular weight excluding hydrogens is 378 g/mol. The standard InChI is InChI=1S/C19H31N7O.ClH/c1-12(2)11-26-14(4)16(13(3)23-26)10-17(27)21-19-22-18(24-25(19)5)15-6-8-20-9-7-15;/h12,15,20H,6-11H2,1-5H3,(H,21,22,24,27);1H. The van der Waals surface area contributed by atoms with Gasteiger partial charge in [0.2, 0.25) is 11.9 Å². The number of hydrogen-bond acceptors (Lipinski definition) is 5. The largest absolute Gasteiger partial charge is 0.317 e. The average molecular weight is 410 g/mol. The highest BCUT2D eigenvalue weighted by atomic mass is 35.5. The molecule has 156 valence electrons. The maximum absolute atomic E-state index is 12.6. The number of aromatic nitrogens is 5. The van der Waals surface area contributed by atoms with Crippen LogP contribution in [0.3, 0.4) is 0 Å². The van der Waals surface area contributed by atoms with Crippen LogP contribution in [0.5, 0.6) is 0 Å². The van der Waals surface area contributed by atoms with Crippen LogP contribution >= 0.6 is 12.4 Å². The van der Waals surface area contributed by atoms with Gasteiger partial charge >= 0.3 is 0 Å². The molecule has 0 unspecified atom stereocenters. The van der Waals surface area contributed by atoms with Crippen molar-refractivity contribution in [2.75, 3.05) is 18.4 Å². The third-order valence-corrected chi connectivity index (χ3v) is 5.14. The summed E-state index contributed by atoms with van der Waals surface area (Å²) in [4.78, 5) is 17.2. The van der Waals surface area contributed by atoms with E-state index in [0.29, 0.717) is 24.2 Å². The van der Waals surface area contributed by atoms with E-state index >= 15 is 0 Å². The summed E-state index contributed by atoms with van der Waals surface area (Å²) in [6.07, 6.45) is 2.36. The lowest BCUT2D eigenvalue weighted by molar-refractivity contribution is -0.115. The van der Waals surface area contributed by atoms with Crippen LogP contribution in [0.2, 0.25) is 0 Å². The predicted molar refractivity (Wildman–Crippen MR) is 112 cm³/mol. The van der Waals surface area contributed by atoms with E-state index in [1.54, 1.807) is 4.68 Å². The van der Waals surface area contributed by atoms with E-state index in [0.717, 1.165) is 55.3 Å². The highest BCUT2D eigenvalue weighted by Crippen LogP contribution is 2.23. The van der Waals surface area contributed by atoms with Crippen molar-refractivity contribution in [1.29, 1.82) is 0 Å². The van der Waals surface area contributed by atoms with Crippen molar-refractivity contribution in [2.45, 2.75) is 59.4 Å².